The lowest BCUT2D eigenvalue weighted by molar-refractivity contribution is -0.143. The lowest BCUT2D eigenvalue weighted by Crippen LogP contribution is -2.64. The molecule has 0 aromatic heterocycles. The number of fused-ring (bicyclic) bond motifs is 1. The molecule has 5 amide bonds. The number of likely N-dealkylation sites (tertiary alicyclic amines) is 1. The summed E-state index contributed by atoms with van der Waals surface area (Å²) in [5.41, 5.74) is 2.15. The maximum Gasteiger partial charge on any atom is 0.315 e. The van der Waals surface area contributed by atoms with Crippen molar-refractivity contribution in [3.8, 4) is 0 Å². The molecule has 0 spiro atoms. The van der Waals surface area contributed by atoms with E-state index in [1.807, 2.05) is 12.1 Å². The van der Waals surface area contributed by atoms with Gasteiger partial charge in [0.1, 0.15) is 12.1 Å². The topological polar surface area (TPSA) is 137 Å². The molecule has 3 atom stereocenters. The molecule has 1 aliphatic heterocycles. The number of nitrogens with zero attached hydrogens (tertiary/aromatic N) is 1. The molecule has 50 heavy (non-hydrogen) atoms. The van der Waals surface area contributed by atoms with E-state index in [-0.39, 0.29) is 36.4 Å². The largest absolute Gasteiger partial charge is 0.346 e. The van der Waals surface area contributed by atoms with Crippen LogP contribution in [0.1, 0.15) is 95.6 Å². The molecule has 272 valence electrons. The van der Waals surface area contributed by atoms with Crippen LogP contribution in [-0.2, 0) is 32.0 Å². The van der Waals surface area contributed by atoms with Crippen LogP contribution in [0, 0.1) is 23.7 Å². The van der Waals surface area contributed by atoms with Gasteiger partial charge >= 0.3 is 6.03 Å². The summed E-state index contributed by atoms with van der Waals surface area (Å²) in [6, 6.07) is 5.16. The summed E-state index contributed by atoms with van der Waals surface area (Å²) in [5.74, 6) is -0.439. The van der Waals surface area contributed by atoms with Crippen molar-refractivity contribution in [2.75, 3.05) is 13.1 Å². The number of allylic oxidation sites excluding steroid dienone is 1. The smallest absolute Gasteiger partial charge is 0.315 e. The predicted molar refractivity (Wildman–Crippen MR) is 194 cm³/mol. The van der Waals surface area contributed by atoms with Gasteiger partial charge in [-0.2, -0.15) is 0 Å². The summed E-state index contributed by atoms with van der Waals surface area (Å²) < 4.78 is 0. The molecule has 1 aromatic rings. The molecule has 4 N–H and O–H groups in total. The van der Waals surface area contributed by atoms with E-state index in [0.29, 0.717) is 56.4 Å². The molecule has 6 aliphatic rings. The van der Waals surface area contributed by atoms with E-state index in [1.165, 1.54) is 42.9 Å². The fraction of sp³-hybridized carbons (Fsp3) is 0.625. The first-order valence-corrected chi connectivity index (χ1v) is 18.9. The number of benzene rings is 1. The summed E-state index contributed by atoms with van der Waals surface area (Å²) in [4.78, 5) is 69.0. The minimum absolute atomic E-state index is 0.132. The van der Waals surface area contributed by atoms with Crippen LogP contribution < -0.4 is 21.3 Å². The van der Waals surface area contributed by atoms with Gasteiger partial charge in [0.2, 0.25) is 17.6 Å². The zero-order valence-electron chi connectivity index (χ0n) is 30.0. The van der Waals surface area contributed by atoms with Crippen molar-refractivity contribution in [1.82, 2.24) is 26.2 Å². The molecule has 1 saturated heterocycles. The van der Waals surface area contributed by atoms with Crippen molar-refractivity contribution < 1.29 is 24.0 Å². The first-order chi connectivity index (χ1) is 24.1. The summed E-state index contributed by atoms with van der Waals surface area (Å²) in [5, 5.41) is 11.8. The van der Waals surface area contributed by atoms with Gasteiger partial charge < -0.3 is 26.2 Å². The highest BCUT2D eigenvalue weighted by atomic mass is 16.2. The fourth-order valence-corrected chi connectivity index (χ4v) is 9.60. The number of carbonyl (C=O) groups is 5. The highest BCUT2D eigenvalue weighted by molar-refractivity contribution is 6.38. The molecule has 1 unspecified atom stereocenters. The normalized spacial score (nSPS) is 27.2. The van der Waals surface area contributed by atoms with Crippen LogP contribution in [0.3, 0.4) is 0 Å². The Labute approximate surface area is 297 Å². The van der Waals surface area contributed by atoms with E-state index < -0.39 is 35.7 Å². The second-order valence-electron chi connectivity index (χ2n) is 15.4. The molecule has 1 aromatic carbocycles. The third-order valence-corrected chi connectivity index (χ3v) is 11.3. The number of hydrogen-bond acceptors (Lipinski definition) is 5. The average Bonchev–Trinajstić information content (AvgIpc) is 3.75. The zero-order valence-corrected chi connectivity index (χ0v) is 30.0. The van der Waals surface area contributed by atoms with Crippen molar-refractivity contribution in [3.63, 3.8) is 0 Å². The Morgan fingerprint density at radius 3 is 2.08 bits per heavy atom. The lowest BCUT2D eigenvalue weighted by atomic mass is 9.53. The molecule has 5 aliphatic carbocycles. The average molecular weight is 688 g/mol. The van der Waals surface area contributed by atoms with E-state index in [1.54, 1.807) is 11.0 Å². The summed E-state index contributed by atoms with van der Waals surface area (Å²) >= 11 is 0. The van der Waals surface area contributed by atoms with Crippen LogP contribution in [0.2, 0.25) is 0 Å². The van der Waals surface area contributed by atoms with Gasteiger partial charge in [-0.15, -0.1) is 13.2 Å². The first-order valence-electron chi connectivity index (χ1n) is 18.9. The first kappa shape index (κ1) is 37.3. The van der Waals surface area contributed by atoms with E-state index in [2.05, 4.69) is 60.4 Å². The van der Waals surface area contributed by atoms with Crippen LogP contribution in [0.4, 0.5) is 4.79 Å². The SMILES string of the molecule is C=CCCC(NC(=O)[C@@H]1CCCN1C(=O)[C@@H](NC(=O)NC12CC3CC(CC(C3)C1)C2)C1Cc2ccccc2C1)C(=O)C(=O)NCC=C.CCC. The maximum absolute atomic E-state index is 14.5. The van der Waals surface area contributed by atoms with Gasteiger partial charge in [0.15, 0.2) is 0 Å². The Bertz CT molecular complexity index is 1380. The van der Waals surface area contributed by atoms with Crippen molar-refractivity contribution >= 4 is 29.5 Å². The number of amides is 5. The van der Waals surface area contributed by atoms with E-state index in [0.717, 1.165) is 19.3 Å². The number of nitrogens with one attached hydrogen (secondary N) is 4. The summed E-state index contributed by atoms with van der Waals surface area (Å²) in [6.07, 6.45) is 14.2. The second-order valence-corrected chi connectivity index (χ2v) is 15.4. The molecule has 0 radical (unpaired) electrons. The number of Topliss-reactive ketones (excluding diaryl/α,β-unsaturated/α-hetero) is 1. The third kappa shape index (κ3) is 8.67. The summed E-state index contributed by atoms with van der Waals surface area (Å²) in [7, 11) is 0. The molecule has 10 heteroatoms. The van der Waals surface area contributed by atoms with Gasteiger partial charge in [-0.1, -0.05) is 56.7 Å². The molecular formula is C40H57N5O5. The Hall–Kier alpha value is -3.95. The fourth-order valence-electron chi connectivity index (χ4n) is 9.60. The maximum atomic E-state index is 14.5. The van der Waals surface area contributed by atoms with Crippen LogP contribution in [-0.4, -0.2) is 71.2 Å². The Morgan fingerprint density at radius 2 is 1.52 bits per heavy atom. The predicted octanol–water partition coefficient (Wildman–Crippen LogP) is 4.77. The molecule has 4 bridgehead atoms. The highest BCUT2D eigenvalue weighted by Gasteiger charge is 2.52. The van der Waals surface area contributed by atoms with Crippen molar-refractivity contribution in [2.45, 2.75) is 121 Å². The van der Waals surface area contributed by atoms with Crippen LogP contribution in [0.5, 0.6) is 0 Å². The minimum atomic E-state index is -1.05. The van der Waals surface area contributed by atoms with Gasteiger partial charge in [-0.3, -0.25) is 19.2 Å². The number of hydrogen-bond donors (Lipinski definition) is 4. The Balaban J connectivity index is 0.00000156. The molecule has 7 rings (SSSR count). The molecule has 5 fully saturated rings. The lowest BCUT2D eigenvalue weighted by Gasteiger charge is -2.56. The second kappa shape index (κ2) is 16.8. The number of urea groups is 1. The van der Waals surface area contributed by atoms with Crippen molar-refractivity contribution in [3.05, 3.63) is 60.7 Å². The number of ketones is 1. The quantitative estimate of drug-likeness (QED) is 0.175. The van der Waals surface area contributed by atoms with Gasteiger partial charge in [-0.25, -0.2) is 4.79 Å². The van der Waals surface area contributed by atoms with Crippen LogP contribution >= 0.6 is 0 Å². The highest BCUT2D eigenvalue weighted by Crippen LogP contribution is 2.55. The molecule has 10 nitrogen and oxygen atoms in total. The van der Waals surface area contributed by atoms with E-state index >= 15 is 0 Å². The van der Waals surface area contributed by atoms with Gasteiger partial charge in [0.05, 0.1) is 6.04 Å². The number of rotatable bonds is 13. The van der Waals surface area contributed by atoms with E-state index in [4.69, 9.17) is 0 Å². The van der Waals surface area contributed by atoms with Crippen LogP contribution in [0.15, 0.2) is 49.6 Å². The third-order valence-electron chi connectivity index (χ3n) is 11.3. The Morgan fingerprint density at radius 1 is 0.920 bits per heavy atom. The monoisotopic (exact) mass is 687 g/mol. The molecule has 1 heterocycles. The van der Waals surface area contributed by atoms with Crippen molar-refractivity contribution in [2.24, 2.45) is 23.7 Å². The van der Waals surface area contributed by atoms with E-state index in [9.17, 15) is 24.0 Å². The Kier molecular flexibility index (Phi) is 12.6. The summed E-state index contributed by atoms with van der Waals surface area (Å²) in [6.45, 7) is 12.0. The van der Waals surface area contributed by atoms with Gasteiger partial charge in [0.25, 0.3) is 5.91 Å². The van der Waals surface area contributed by atoms with Crippen LogP contribution in [0.25, 0.3) is 0 Å². The standard InChI is InChI=1S/C37H49N5O5.C3H8/c1-3-5-11-29(32(43)34(45)38-13-4-2)39-33(44)30-12-8-14-42(30)35(46)31(28-18-26-9-6-7-10-27(26)19-28)40-36(47)41-37-20-23-15-24(21-37)17-25(16-23)22-37;1-3-2/h3-4,6-7,9-10,23-25,28-31H,1-2,5,8,11-22H2,(H,38,45)(H,39,44)(H2,40,41,47);3H2,1-2H3/t23?,24?,25?,29?,30-,31-,37?;/m0./s1. The van der Waals surface area contributed by atoms with Gasteiger partial charge in [-0.05, 0) is 112 Å². The number of carbonyl (C=O) groups excluding carboxylic acids is 5. The minimum Gasteiger partial charge on any atom is -0.346 e. The van der Waals surface area contributed by atoms with Crippen molar-refractivity contribution in [1.29, 1.82) is 0 Å². The molecular weight excluding hydrogens is 630 g/mol. The van der Waals surface area contributed by atoms with Gasteiger partial charge in [0, 0.05) is 18.6 Å². The molecule has 4 saturated carbocycles. The zero-order chi connectivity index (χ0) is 35.8.